The number of carbonyl (C=O) groups is 1. The maximum absolute atomic E-state index is 12.5. The number of rotatable bonds is 6. The second-order valence-corrected chi connectivity index (χ2v) is 7.96. The summed E-state index contributed by atoms with van der Waals surface area (Å²) >= 11 is 0. The molecular formula is C22H28N4O2. The zero-order valence-electron chi connectivity index (χ0n) is 16.4. The molecule has 0 radical (unpaired) electrons. The topological polar surface area (TPSA) is 67.2 Å². The van der Waals surface area contributed by atoms with Gasteiger partial charge >= 0.3 is 0 Å². The van der Waals surface area contributed by atoms with Gasteiger partial charge in [0.05, 0.1) is 11.9 Å². The second kappa shape index (κ2) is 8.17. The van der Waals surface area contributed by atoms with Crippen molar-refractivity contribution in [3.8, 4) is 0 Å². The average Bonchev–Trinajstić information content (AvgIpc) is 3.54. The van der Waals surface area contributed by atoms with Gasteiger partial charge in [-0.2, -0.15) is 5.10 Å². The van der Waals surface area contributed by atoms with Crippen molar-refractivity contribution in [2.45, 2.75) is 51.6 Å². The summed E-state index contributed by atoms with van der Waals surface area (Å²) in [5.41, 5.74) is 2.81. The Labute approximate surface area is 165 Å². The second-order valence-electron chi connectivity index (χ2n) is 7.96. The van der Waals surface area contributed by atoms with E-state index in [1.165, 1.54) is 18.4 Å². The quantitative estimate of drug-likeness (QED) is 0.837. The third kappa shape index (κ3) is 4.43. The van der Waals surface area contributed by atoms with Crippen molar-refractivity contribution in [2.75, 3.05) is 18.0 Å². The number of aryl methyl sites for hydroxylation is 1. The summed E-state index contributed by atoms with van der Waals surface area (Å²) in [6.45, 7) is 4.47. The van der Waals surface area contributed by atoms with Crippen LogP contribution in [-0.4, -0.2) is 34.8 Å². The number of anilines is 1. The van der Waals surface area contributed by atoms with Crippen molar-refractivity contribution < 1.29 is 4.79 Å². The number of piperidine rings is 1. The van der Waals surface area contributed by atoms with Crippen LogP contribution in [0.4, 0.5) is 5.69 Å². The van der Waals surface area contributed by atoms with Gasteiger partial charge in [0.25, 0.3) is 11.5 Å². The molecule has 1 saturated carbocycles. The van der Waals surface area contributed by atoms with Crippen LogP contribution in [-0.2, 0) is 13.0 Å². The SMILES string of the molecule is CCc1ccc(C(=O)NC2CCN(c3cnn(CC4CC4)c(=O)c3)CC2)cc1. The van der Waals surface area contributed by atoms with Crippen LogP contribution in [0.25, 0.3) is 0 Å². The van der Waals surface area contributed by atoms with Crippen LogP contribution in [0.2, 0.25) is 0 Å². The number of aromatic nitrogens is 2. The summed E-state index contributed by atoms with van der Waals surface area (Å²) in [5, 5.41) is 7.49. The van der Waals surface area contributed by atoms with Gasteiger partial charge in [0, 0.05) is 37.3 Å². The predicted octanol–water partition coefficient (Wildman–Crippen LogP) is 2.61. The Bertz CT molecular complexity index is 878. The van der Waals surface area contributed by atoms with E-state index in [4.69, 9.17) is 0 Å². The number of hydrogen-bond donors (Lipinski definition) is 1. The molecular weight excluding hydrogens is 352 g/mol. The summed E-state index contributed by atoms with van der Waals surface area (Å²) in [6.07, 6.45) is 6.92. The Kier molecular flexibility index (Phi) is 5.46. The Morgan fingerprint density at radius 1 is 1.14 bits per heavy atom. The van der Waals surface area contributed by atoms with E-state index >= 15 is 0 Å². The van der Waals surface area contributed by atoms with Gasteiger partial charge < -0.3 is 10.2 Å². The third-order valence-electron chi connectivity index (χ3n) is 5.80. The molecule has 0 bridgehead atoms. The lowest BCUT2D eigenvalue weighted by Gasteiger charge is -2.33. The van der Waals surface area contributed by atoms with Crippen LogP contribution in [0.15, 0.2) is 41.3 Å². The number of hydrogen-bond acceptors (Lipinski definition) is 4. The molecule has 28 heavy (non-hydrogen) atoms. The molecule has 1 aromatic heterocycles. The molecule has 4 rings (SSSR count). The van der Waals surface area contributed by atoms with Crippen LogP contribution < -0.4 is 15.8 Å². The summed E-state index contributed by atoms with van der Waals surface area (Å²) in [6, 6.07) is 9.67. The van der Waals surface area contributed by atoms with E-state index in [1.807, 2.05) is 24.3 Å². The number of amides is 1. The number of carbonyl (C=O) groups excluding carboxylic acids is 1. The molecule has 6 nitrogen and oxygen atoms in total. The van der Waals surface area contributed by atoms with E-state index in [1.54, 1.807) is 16.9 Å². The minimum Gasteiger partial charge on any atom is -0.370 e. The average molecular weight is 380 g/mol. The van der Waals surface area contributed by atoms with Gasteiger partial charge in [-0.15, -0.1) is 0 Å². The molecule has 2 aliphatic rings. The fraction of sp³-hybridized carbons (Fsp3) is 0.500. The van der Waals surface area contributed by atoms with Crippen LogP contribution >= 0.6 is 0 Å². The highest BCUT2D eigenvalue weighted by Crippen LogP contribution is 2.29. The lowest BCUT2D eigenvalue weighted by atomic mass is 10.0. The monoisotopic (exact) mass is 380 g/mol. The smallest absolute Gasteiger partial charge is 0.268 e. The standard InChI is InChI=1S/C22H28N4O2/c1-2-16-5-7-18(8-6-16)22(28)24-19-9-11-25(12-10-19)20-13-21(27)26(23-14-20)15-17-3-4-17/h5-8,13-14,17,19H,2-4,9-12,15H2,1H3,(H,24,28). The molecule has 6 heteroatoms. The maximum atomic E-state index is 12.5. The summed E-state index contributed by atoms with van der Waals surface area (Å²) in [5.74, 6) is 0.624. The zero-order valence-corrected chi connectivity index (χ0v) is 16.4. The Hall–Kier alpha value is -2.63. The van der Waals surface area contributed by atoms with E-state index in [9.17, 15) is 9.59 Å². The molecule has 1 aliphatic carbocycles. The van der Waals surface area contributed by atoms with Gasteiger partial charge in [-0.25, -0.2) is 4.68 Å². The summed E-state index contributed by atoms with van der Waals surface area (Å²) < 4.78 is 1.58. The summed E-state index contributed by atoms with van der Waals surface area (Å²) in [7, 11) is 0. The molecule has 1 aliphatic heterocycles. The molecule has 148 valence electrons. The van der Waals surface area contributed by atoms with Gasteiger partial charge in [0.2, 0.25) is 0 Å². The number of benzene rings is 1. The normalized spacial score (nSPS) is 17.5. The van der Waals surface area contributed by atoms with E-state index in [0.717, 1.165) is 44.6 Å². The van der Waals surface area contributed by atoms with Crippen LogP contribution in [0.1, 0.15) is 48.5 Å². The van der Waals surface area contributed by atoms with Crippen molar-refractivity contribution in [2.24, 2.45) is 5.92 Å². The molecule has 1 aromatic carbocycles. The maximum Gasteiger partial charge on any atom is 0.268 e. The lowest BCUT2D eigenvalue weighted by molar-refractivity contribution is 0.0931. The molecule has 0 atom stereocenters. The molecule has 2 fully saturated rings. The van der Waals surface area contributed by atoms with E-state index in [-0.39, 0.29) is 17.5 Å². The van der Waals surface area contributed by atoms with Crippen LogP contribution in [0.3, 0.4) is 0 Å². The van der Waals surface area contributed by atoms with Gasteiger partial charge in [-0.1, -0.05) is 19.1 Å². The molecule has 2 aromatic rings. The van der Waals surface area contributed by atoms with Gasteiger partial charge in [-0.3, -0.25) is 9.59 Å². The highest BCUT2D eigenvalue weighted by molar-refractivity contribution is 5.94. The fourth-order valence-corrected chi connectivity index (χ4v) is 3.72. The minimum atomic E-state index is -0.0182. The minimum absolute atomic E-state index is 0.00885. The first-order valence-corrected chi connectivity index (χ1v) is 10.3. The number of nitrogens with zero attached hydrogens (tertiary/aromatic N) is 3. The molecule has 2 heterocycles. The molecule has 1 saturated heterocycles. The van der Waals surface area contributed by atoms with E-state index in [2.05, 4.69) is 22.2 Å². The number of nitrogens with one attached hydrogen (secondary N) is 1. The lowest BCUT2D eigenvalue weighted by Crippen LogP contribution is -2.45. The Morgan fingerprint density at radius 3 is 2.46 bits per heavy atom. The highest BCUT2D eigenvalue weighted by Gasteiger charge is 2.24. The van der Waals surface area contributed by atoms with Crippen molar-refractivity contribution >= 4 is 11.6 Å². The fourth-order valence-electron chi connectivity index (χ4n) is 3.72. The third-order valence-corrected chi connectivity index (χ3v) is 5.80. The molecule has 0 spiro atoms. The largest absolute Gasteiger partial charge is 0.370 e. The molecule has 1 N–H and O–H groups in total. The van der Waals surface area contributed by atoms with Crippen molar-refractivity contribution in [1.82, 2.24) is 15.1 Å². The highest BCUT2D eigenvalue weighted by atomic mass is 16.1. The van der Waals surface area contributed by atoms with Gasteiger partial charge in [-0.05, 0) is 55.7 Å². The van der Waals surface area contributed by atoms with Crippen LogP contribution in [0.5, 0.6) is 0 Å². The first kappa shape index (κ1) is 18.7. The van der Waals surface area contributed by atoms with Crippen molar-refractivity contribution in [1.29, 1.82) is 0 Å². The first-order valence-electron chi connectivity index (χ1n) is 10.3. The summed E-state index contributed by atoms with van der Waals surface area (Å²) in [4.78, 5) is 26.9. The predicted molar refractivity (Wildman–Crippen MR) is 110 cm³/mol. The van der Waals surface area contributed by atoms with Crippen molar-refractivity contribution in [3.63, 3.8) is 0 Å². The van der Waals surface area contributed by atoms with E-state index in [0.29, 0.717) is 11.5 Å². The Morgan fingerprint density at radius 2 is 1.86 bits per heavy atom. The van der Waals surface area contributed by atoms with Crippen molar-refractivity contribution in [3.05, 3.63) is 58.0 Å². The van der Waals surface area contributed by atoms with Gasteiger partial charge in [0.15, 0.2) is 0 Å². The molecule has 1 amide bonds. The first-order chi connectivity index (χ1) is 13.6. The van der Waals surface area contributed by atoms with E-state index < -0.39 is 0 Å². The van der Waals surface area contributed by atoms with Gasteiger partial charge in [0.1, 0.15) is 0 Å². The Balaban J connectivity index is 1.30. The molecule has 0 unspecified atom stereocenters. The van der Waals surface area contributed by atoms with Crippen LogP contribution in [0, 0.1) is 5.92 Å². The zero-order chi connectivity index (χ0) is 19.5.